The molecule has 3 rings (SSSR count). The Morgan fingerprint density at radius 3 is 2.58 bits per heavy atom. The van der Waals surface area contributed by atoms with Crippen LogP contribution >= 0.6 is 35.3 Å². The third kappa shape index (κ3) is 5.67. The summed E-state index contributed by atoms with van der Waals surface area (Å²) in [6.07, 6.45) is 4.42. The maximum Gasteiger partial charge on any atom is 0.191 e. The van der Waals surface area contributed by atoms with Crippen LogP contribution in [0.1, 0.15) is 43.0 Å². The van der Waals surface area contributed by atoms with Crippen LogP contribution in [0.15, 0.2) is 40.7 Å². The molecular weight excluding hydrogens is 455 g/mol. The summed E-state index contributed by atoms with van der Waals surface area (Å²) in [5.74, 6) is 0.913. The molecular formula is C20H29IN4S. The second kappa shape index (κ2) is 10.3. The minimum atomic E-state index is 0. The van der Waals surface area contributed by atoms with Gasteiger partial charge in [-0.05, 0) is 31.7 Å². The van der Waals surface area contributed by atoms with Crippen LogP contribution in [0.2, 0.25) is 0 Å². The van der Waals surface area contributed by atoms with Crippen molar-refractivity contribution in [2.75, 3.05) is 19.6 Å². The van der Waals surface area contributed by atoms with Crippen molar-refractivity contribution in [2.45, 2.75) is 44.9 Å². The van der Waals surface area contributed by atoms with Gasteiger partial charge < -0.3 is 10.6 Å². The van der Waals surface area contributed by atoms with Crippen LogP contribution in [0.4, 0.5) is 0 Å². The van der Waals surface area contributed by atoms with Crippen molar-refractivity contribution < 1.29 is 0 Å². The van der Waals surface area contributed by atoms with Gasteiger partial charge in [-0.1, -0.05) is 37.3 Å². The van der Waals surface area contributed by atoms with E-state index in [2.05, 4.69) is 65.2 Å². The van der Waals surface area contributed by atoms with Crippen LogP contribution in [-0.4, -0.2) is 30.6 Å². The molecule has 0 saturated heterocycles. The molecule has 142 valence electrons. The Morgan fingerprint density at radius 1 is 1.19 bits per heavy atom. The Kier molecular flexibility index (Phi) is 8.34. The zero-order valence-electron chi connectivity index (χ0n) is 15.6. The average molecular weight is 484 g/mol. The molecule has 4 nitrogen and oxygen atoms in total. The molecule has 1 saturated carbocycles. The minimum Gasteiger partial charge on any atom is -0.357 e. The molecule has 1 aliphatic rings. The fourth-order valence-corrected chi connectivity index (χ4v) is 3.77. The number of hydrogen-bond acceptors (Lipinski definition) is 3. The molecule has 1 aromatic carbocycles. The molecule has 1 fully saturated rings. The third-order valence-electron chi connectivity index (χ3n) is 4.70. The average Bonchev–Trinajstić information content (AvgIpc) is 3.31. The van der Waals surface area contributed by atoms with Gasteiger partial charge >= 0.3 is 0 Å². The van der Waals surface area contributed by atoms with Crippen LogP contribution < -0.4 is 10.6 Å². The normalized spacial score (nSPS) is 15.2. The van der Waals surface area contributed by atoms with Gasteiger partial charge in [0.05, 0.1) is 17.2 Å². The van der Waals surface area contributed by atoms with Crippen LogP contribution in [-0.2, 0) is 18.3 Å². The Bertz CT molecular complexity index is 695. The Balaban J connectivity index is 0.00000243. The van der Waals surface area contributed by atoms with Gasteiger partial charge in [0.25, 0.3) is 0 Å². The standard InChI is InChI=1S/C20H28N4S.HI/c1-3-18-24-17(14-25-18)10-13-22-19(21-4-2)23-15-20(11-12-20)16-8-6-5-7-9-16;/h5-9,14H,3-4,10-13,15H2,1-2H3,(H2,21,22,23);1H. The Hall–Kier alpha value is -1.15. The van der Waals surface area contributed by atoms with Crippen LogP contribution in [0.3, 0.4) is 0 Å². The number of guanidine groups is 1. The molecule has 0 radical (unpaired) electrons. The summed E-state index contributed by atoms with van der Waals surface area (Å²) in [5, 5.41) is 10.2. The topological polar surface area (TPSA) is 49.3 Å². The molecule has 1 heterocycles. The summed E-state index contributed by atoms with van der Waals surface area (Å²) in [6.45, 7) is 6.84. The van der Waals surface area contributed by atoms with E-state index in [0.29, 0.717) is 0 Å². The number of halogens is 1. The van der Waals surface area contributed by atoms with Gasteiger partial charge in [-0.3, -0.25) is 4.99 Å². The van der Waals surface area contributed by atoms with E-state index in [1.165, 1.54) is 29.1 Å². The fourth-order valence-electron chi connectivity index (χ4n) is 2.99. The predicted octanol–water partition coefficient (Wildman–Crippen LogP) is 4.15. The van der Waals surface area contributed by atoms with Gasteiger partial charge in [0.2, 0.25) is 0 Å². The highest BCUT2D eigenvalue weighted by Crippen LogP contribution is 2.48. The van der Waals surface area contributed by atoms with Crippen LogP contribution in [0, 0.1) is 0 Å². The maximum atomic E-state index is 4.85. The van der Waals surface area contributed by atoms with E-state index in [1.807, 2.05) is 0 Å². The van der Waals surface area contributed by atoms with E-state index < -0.39 is 0 Å². The molecule has 0 unspecified atom stereocenters. The number of nitrogens with one attached hydrogen (secondary N) is 2. The first-order valence-corrected chi connectivity index (χ1v) is 10.1. The van der Waals surface area contributed by atoms with Gasteiger partial charge in [-0.2, -0.15) is 0 Å². The number of thiazole rings is 1. The van der Waals surface area contributed by atoms with E-state index in [9.17, 15) is 0 Å². The first kappa shape index (κ1) is 21.2. The number of aryl methyl sites for hydroxylation is 1. The highest BCUT2D eigenvalue weighted by atomic mass is 127. The van der Waals surface area contributed by atoms with Crippen molar-refractivity contribution in [1.82, 2.24) is 15.6 Å². The number of rotatable bonds is 8. The summed E-state index contributed by atoms with van der Waals surface area (Å²) < 4.78 is 0. The molecule has 0 atom stereocenters. The minimum absolute atomic E-state index is 0. The molecule has 0 bridgehead atoms. The lowest BCUT2D eigenvalue weighted by Crippen LogP contribution is -2.39. The SMILES string of the molecule is CCNC(=NCC1(c2ccccc2)CC1)NCCc1csc(CC)n1.I. The summed E-state index contributed by atoms with van der Waals surface area (Å²) in [6, 6.07) is 10.8. The predicted molar refractivity (Wildman–Crippen MR) is 122 cm³/mol. The zero-order chi connectivity index (χ0) is 17.5. The van der Waals surface area contributed by atoms with Crippen LogP contribution in [0.5, 0.6) is 0 Å². The zero-order valence-corrected chi connectivity index (χ0v) is 18.8. The lowest BCUT2D eigenvalue weighted by Gasteiger charge is -2.15. The second-order valence-electron chi connectivity index (χ2n) is 6.60. The van der Waals surface area contributed by atoms with Crippen molar-refractivity contribution >= 4 is 41.3 Å². The maximum absolute atomic E-state index is 4.85. The van der Waals surface area contributed by atoms with Gasteiger partial charge in [0.15, 0.2) is 5.96 Å². The largest absolute Gasteiger partial charge is 0.357 e. The van der Waals surface area contributed by atoms with Crippen molar-refractivity contribution in [3.05, 3.63) is 52.0 Å². The van der Waals surface area contributed by atoms with Gasteiger partial charge in [-0.25, -0.2) is 4.98 Å². The molecule has 1 aliphatic carbocycles. The van der Waals surface area contributed by atoms with E-state index in [0.717, 1.165) is 38.4 Å². The smallest absolute Gasteiger partial charge is 0.191 e. The van der Waals surface area contributed by atoms with E-state index in [4.69, 9.17) is 4.99 Å². The first-order chi connectivity index (χ1) is 12.3. The van der Waals surface area contributed by atoms with Crippen molar-refractivity contribution in [3.8, 4) is 0 Å². The van der Waals surface area contributed by atoms with Crippen molar-refractivity contribution in [1.29, 1.82) is 0 Å². The van der Waals surface area contributed by atoms with E-state index in [1.54, 1.807) is 11.3 Å². The quantitative estimate of drug-likeness (QED) is 0.336. The van der Waals surface area contributed by atoms with Crippen LogP contribution in [0.25, 0.3) is 0 Å². The number of nitrogens with zero attached hydrogens (tertiary/aromatic N) is 2. The highest BCUT2D eigenvalue weighted by molar-refractivity contribution is 14.0. The van der Waals surface area contributed by atoms with Gasteiger partial charge in [0, 0.05) is 30.3 Å². The monoisotopic (exact) mass is 484 g/mol. The molecule has 0 aliphatic heterocycles. The number of aromatic nitrogens is 1. The molecule has 2 N–H and O–H groups in total. The lowest BCUT2D eigenvalue weighted by molar-refractivity contribution is 0.691. The molecule has 6 heteroatoms. The molecule has 0 spiro atoms. The molecule has 1 aromatic heterocycles. The van der Waals surface area contributed by atoms with E-state index >= 15 is 0 Å². The fraction of sp³-hybridized carbons (Fsp3) is 0.500. The van der Waals surface area contributed by atoms with Crippen molar-refractivity contribution in [3.63, 3.8) is 0 Å². The summed E-state index contributed by atoms with van der Waals surface area (Å²) in [5.41, 5.74) is 2.85. The summed E-state index contributed by atoms with van der Waals surface area (Å²) in [7, 11) is 0. The molecule has 2 aromatic rings. The lowest BCUT2D eigenvalue weighted by atomic mass is 9.96. The molecule has 0 amide bonds. The summed E-state index contributed by atoms with van der Waals surface area (Å²) >= 11 is 1.75. The Morgan fingerprint density at radius 2 is 1.96 bits per heavy atom. The van der Waals surface area contributed by atoms with Gasteiger partial charge in [-0.15, -0.1) is 35.3 Å². The second-order valence-corrected chi connectivity index (χ2v) is 7.55. The number of aliphatic imine (C=N–C) groups is 1. The number of benzene rings is 1. The Labute approximate surface area is 177 Å². The third-order valence-corrected chi connectivity index (χ3v) is 5.74. The van der Waals surface area contributed by atoms with Gasteiger partial charge in [0.1, 0.15) is 0 Å². The first-order valence-electron chi connectivity index (χ1n) is 9.27. The molecule has 26 heavy (non-hydrogen) atoms. The highest BCUT2D eigenvalue weighted by Gasteiger charge is 2.43. The van der Waals surface area contributed by atoms with E-state index in [-0.39, 0.29) is 29.4 Å². The summed E-state index contributed by atoms with van der Waals surface area (Å²) in [4.78, 5) is 9.48. The van der Waals surface area contributed by atoms with Crippen molar-refractivity contribution in [2.24, 2.45) is 4.99 Å². The number of hydrogen-bond donors (Lipinski definition) is 2.